The van der Waals surface area contributed by atoms with Crippen LogP contribution in [0, 0.1) is 6.92 Å². The van der Waals surface area contributed by atoms with Crippen molar-refractivity contribution in [2.75, 3.05) is 13.6 Å². The average Bonchev–Trinajstić information content (AvgIpc) is 2.81. The Balaban J connectivity index is 1.92. The third-order valence-electron chi connectivity index (χ3n) is 3.20. The molecule has 0 aliphatic rings. The van der Waals surface area contributed by atoms with Crippen LogP contribution in [0.2, 0.25) is 0 Å². The third-order valence-corrected chi connectivity index (χ3v) is 3.20. The second-order valence-electron chi connectivity index (χ2n) is 4.36. The van der Waals surface area contributed by atoms with Gasteiger partial charge in [0.15, 0.2) is 0 Å². The van der Waals surface area contributed by atoms with E-state index in [9.17, 15) is 0 Å². The Kier molecular flexibility index (Phi) is 3.99. The molecule has 0 bridgehead atoms. The lowest BCUT2D eigenvalue weighted by molar-refractivity contribution is 0.246. The zero-order valence-corrected chi connectivity index (χ0v) is 11.0. The molecule has 2 aromatic heterocycles. The maximum Gasteiger partial charge on any atom is 0.129 e. The SMILES string of the molecule is Cc1nncn1CCN(C)C(C)c1ccncn1. The van der Waals surface area contributed by atoms with Gasteiger partial charge in [0.2, 0.25) is 0 Å². The van der Waals surface area contributed by atoms with Crippen molar-refractivity contribution < 1.29 is 0 Å². The van der Waals surface area contributed by atoms with Gasteiger partial charge in [-0.25, -0.2) is 9.97 Å². The zero-order valence-electron chi connectivity index (χ0n) is 11.0. The Hall–Kier alpha value is -1.82. The number of aryl methyl sites for hydroxylation is 1. The fourth-order valence-corrected chi connectivity index (χ4v) is 1.77. The Bertz CT molecular complexity index is 480. The maximum atomic E-state index is 4.28. The summed E-state index contributed by atoms with van der Waals surface area (Å²) < 4.78 is 2.04. The molecule has 6 heteroatoms. The van der Waals surface area contributed by atoms with E-state index >= 15 is 0 Å². The first kappa shape index (κ1) is 12.6. The molecule has 0 fully saturated rings. The van der Waals surface area contributed by atoms with E-state index in [1.165, 1.54) is 0 Å². The molecule has 6 nitrogen and oxygen atoms in total. The first-order chi connectivity index (χ1) is 8.68. The van der Waals surface area contributed by atoms with Crippen molar-refractivity contribution in [3.63, 3.8) is 0 Å². The van der Waals surface area contributed by atoms with Gasteiger partial charge in [-0.15, -0.1) is 10.2 Å². The van der Waals surface area contributed by atoms with Crippen molar-refractivity contribution in [3.8, 4) is 0 Å². The van der Waals surface area contributed by atoms with Crippen LogP contribution in [0.4, 0.5) is 0 Å². The number of nitrogens with zero attached hydrogens (tertiary/aromatic N) is 6. The molecule has 0 aromatic carbocycles. The van der Waals surface area contributed by atoms with Gasteiger partial charge in [-0.3, -0.25) is 4.90 Å². The maximum absolute atomic E-state index is 4.28. The summed E-state index contributed by atoms with van der Waals surface area (Å²) in [7, 11) is 2.09. The molecule has 1 unspecified atom stereocenters. The largest absolute Gasteiger partial charge is 0.317 e. The van der Waals surface area contributed by atoms with Gasteiger partial charge in [-0.05, 0) is 27.0 Å². The molecule has 2 aromatic rings. The van der Waals surface area contributed by atoms with E-state index in [4.69, 9.17) is 0 Å². The highest BCUT2D eigenvalue weighted by molar-refractivity contribution is 5.03. The normalized spacial score (nSPS) is 12.9. The van der Waals surface area contributed by atoms with E-state index in [2.05, 4.69) is 39.0 Å². The standard InChI is InChI=1S/C12H18N6/c1-10(12-4-5-13-8-14-12)17(3)6-7-18-9-15-16-11(18)2/h4-5,8-10H,6-7H2,1-3H3. The minimum Gasteiger partial charge on any atom is -0.317 e. The van der Waals surface area contributed by atoms with E-state index in [-0.39, 0.29) is 6.04 Å². The second-order valence-corrected chi connectivity index (χ2v) is 4.36. The van der Waals surface area contributed by atoms with Gasteiger partial charge >= 0.3 is 0 Å². The van der Waals surface area contributed by atoms with Crippen LogP contribution in [0.3, 0.4) is 0 Å². The van der Waals surface area contributed by atoms with Gasteiger partial charge in [0.05, 0.1) is 5.69 Å². The van der Waals surface area contributed by atoms with E-state index in [0.717, 1.165) is 24.6 Å². The minimum atomic E-state index is 0.268. The zero-order chi connectivity index (χ0) is 13.0. The van der Waals surface area contributed by atoms with Crippen LogP contribution >= 0.6 is 0 Å². The van der Waals surface area contributed by atoms with Gasteiger partial charge in [0.25, 0.3) is 0 Å². The molecule has 0 amide bonds. The van der Waals surface area contributed by atoms with Crippen LogP contribution in [0.25, 0.3) is 0 Å². The lowest BCUT2D eigenvalue weighted by atomic mass is 10.2. The summed E-state index contributed by atoms with van der Waals surface area (Å²) in [4.78, 5) is 10.5. The number of aromatic nitrogens is 5. The Morgan fingerprint density at radius 1 is 1.44 bits per heavy atom. The number of hydrogen-bond donors (Lipinski definition) is 0. The van der Waals surface area contributed by atoms with Crippen LogP contribution in [-0.2, 0) is 6.54 Å². The van der Waals surface area contributed by atoms with Gasteiger partial charge in [-0.2, -0.15) is 0 Å². The molecular weight excluding hydrogens is 228 g/mol. The quantitative estimate of drug-likeness (QED) is 0.789. The Morgan fingerprint density at radius 3 is 2.89 bits per heavy atom. The molecule has 0 radical (unpaired) electrons. The molecular formula is C12H18N6. The van der Waals surface area contributed by atoms with Crippen LogP contribution in [-0.4, -0.2) is 43.2 Å². The molecule has 0 saturated carbocycles. The predicted molar refractivity (Wildman–Crippen MR) is 67.8 cm³/mol. The van der Waals surface area contributed by atoms with E-state index in [1.807, 2.05) is 17.6 Å². The molecule has 0 N–H and O–H groups in total. The monoisotopic (exact) mass is 246 g/mol. The molecule has 2 heterocycles. The molecule has 1 atom stereocenters. The Morgan fingerprint density at radius 2 is 2.28 bits per heavy atom. The fraction of sp³-hybridized carbons (Fsp3) is 0.500. The van der Waals surface area contributed by atoms with Crippen molar-refractivity contribution in [2.45, 2.75) is 26.4 Å². The van der Waals surface area contributed by atoms with Crippen molar-refractivity contribution in [1.82, 2.24) is 29.6 Å². The second kappa shape index (κ2) is 5.68. The highest BCUT2D eigenvalue weighted by atomic mass is 15.3. The van der Waals surface area contributed by atoms with E-state index in [1.54, 1.807) is 18.9 Å². The van der Waals surface area contributed by atoms with Gasteiger partial charge in [0, 0.05) is 25.3 Å². The molecule has 2 rings (SSSR count). The summed E-state index contributed by atoms with van der Waals surface area (Å²) in [6.07, 6.45) is 5.12. The molecule has 0 aliphatic heterocycles. The van der Waals surface area contributed by atoms with Gasteiger partial charge in [-0.1, -0.05) is 0 Å². The van der Waals surface area contributed by atoms with Crippen LogP contribution in [0.5, 0.6) is 0 Å². The average molecular weight is 246 g/mol. The number of likely N-dealkylation sites (N-methyl/N-ethyl adjacent to an activating group) is 1. The summed E-state index contributed by atoms with van der Waals surface area (Å²) in [5.74, 6) is 0.943. The van der Waals surface area contributed by atoms with E-state index < -0.39 is 0 Å². The molecule has 0 saturated heterocycles. The molecule has 0 aliphatic carbocycles. The topological polar surface area (TPSA) is 59.7 Å². The van der Waals surface area contributed by atoms with Crippen molar-refractivity contribution >= 4 is 0 Å². The Labute approximate surface area is 107 Å². The fourth-order valence-electron chi connectivity index (χ4n) is 1.77. The van der Waals surface area contributed by atoms with Crippen LogP contribution in [0.1, 0.15) is 24.5 Å². The molecule has 18 heavy (non-hydrogen) atoms. The van der Waals surface area contributed by atoms with Crippen LogP contribution < -0.4 is 0 Å². The lowest BCUT2D eigenvalue weighted by Gasteiger charge is -2.24. The minimum absolute atomic E-state index is 0.268. The van der Waals surface area contributed by atoms with E-state index in [0.29, 0.717) is 0 Å². The summed E-state index contributed by atoms with van der Waals surface area (Å²) in [5, 5.41) is 7.85. The summed E-state index contributed by atoms with van der Waals surface area (Å²) in [5.41, 5.74) is 1.04. The van der Waals surface area contributed by atoms with Crippen LogP contribution in [0.15, 0.2) is 24.9 Å². The number of rotatable bonds is 5. The van der Waals surface area contributed by atoms with Gasteiger partial charge < -0.3 is 4.57 Å². The summed E-state index contributed by atoms with van der Waals surface area (Å²) >= 11 is 0. The summed E-state index contributed by atoms with van der Waals surface area (Å²) in [6, 6.07) is 2.22. The first-order valence-electron chi connectivity index (χ1n) is 5.99. The first-order valence-corrected chi connectivity index (χ1v) is 5.99. The lowest BCUT2D eigenvalue weighted by Crippen LogP contribution is -2.27. The molecule has 96 valence electrons. The molecule has 0 spiro atoms. The van der Waals surface area contributed by atoms with Crippen molar-refractivity contribution in [2.24, 2.45) is 0 Å². The highest BCUT2D eigenvalue weighted by Crippen LogP contribution is 2.14. The number of hydrogen-bond acceptors (Lipinski definition) is 5. The smallest absolute Gasteiger partial charge is 0.129 e. The summed E-state index contributed by atoms with van der Waals surface area (Å²) in [6.45, 7) is 5.90. The van der Waals surface area contributed by atoms with Crippen molar-refractivity contribution in [3.05, 3.63) is 36.4 Å². The third kappa shape index (κ3) is 2.89. The van der Waals surface area contributed by atoms with Gasteiger partial charge in [0.1, 0.15) is 18.5 Å². The van der Waals surface area contributed by atoms with Crippen molar-refractivity contribution in [1.29, 1.82) is 0 Å². The predicted octanol–water partition coefficient (Wildman–Crippen LogP) is 1.07. The highest BCUT2D eigenvalue weighted by Gasteiger charge is 2.12.